The van der Waals surface area contributed by atoms with Gasteiger partial charge in [0.05, 0.1) is 11.1 Å². The fourth-order valence-electron chi connectivity index (χ4n) is 4.34. The van der Waals surface area contributed by atoms with Crippen molar-refractivity contribution >= 4 is 28.0 Å². The first-order chi connectivity index (χ1) is 16.5. The first-order valence-electron chi connectivity index (χ1n) is 11.3. The maximum absolute atomic E-state index is 13.0. The Hall–Kier alpha value is -3.58. The standard InChI is InChI=1S/C27H25F3N4/c28-27(29,30)21-8-11-24-25(12-13-31-26(24)18-21)32-22-9-6-20(7-10-22)19-33-14-16-34(17-15-33)23-4-2-1-3-5-23/h1-13,18H,14-17,19H2,(H,31,32). The van der Waals surface area contributed by atoms with Crippen molar-refractivity contribution in [1.29, 1.82) is 0 Å². The second kappa shape index (κ2) is 9.35. The summed E-state index contributed by atoms with van der Waals surface area (Å²) < 4.78 is 39.1. The van der Waals surface area contributed by atoms with Crippen LogP contribution in [-0.2, 0) is 12.7 Å². The molecule has 1 N–H and O–H groups in total. The molecule has 3 aromatic carbocycles. The minimum Gasteiger partial charge on any atom is -0.369 e. The molecular weight excluding hydrogens is 437 g/mol. The molecule has 4 aromatic rings. The summed E-state index contributed by atoms with van der Waals surface area (Å²) in [6.45, 7) is 4.93. The number of aromatic nitrogens is 1. The van der Waals surface area contributed by atoms with Gasteiger partial charge in [0, 0.05) is 61.4 Å². The van der Waals surface area contributed by atoms with E-state index < -0.39 is 11.7 Å². The van der Waals surface area contributed by atoms with Crippen LogP contribution in [0.1, 0.15) is 11.1 Å². The van der Waals surface area contributed by atoms with E-state index in [0.717, 1.165) is 56.2 Å². The number of piperazine rings is 1. The lowest BCUT2D eigenvalue weighted by Gasteiger charge is -2.36. The smallest absolute Gasteiger partial charge is 0.369 e. The van der Waals surface area contributed by atoms with Crippen LogP contribution in [-0.4, -0.2) is 36.1 Å². The first-order valence-corrected chi connectivity index (χ1v) is 11.3. The van der Waals surface area contributed by atoms with Crippen molar-refractivity contribution in [1.82, 2.24) is 9.88 Å². The molecule has 1 saturated heterocycles. The molecule has 1 aromatic heterocycles. The monoisotopic (exact) mass is 462 g/mol. The lowest BCUT2D eigenvalue weighted by Crippen LogP contribution is -2.45. The van der Waals surface area contributed by atoms with Gasteiger partial charge in [-0.25, -0.2) is 0 Å². The fraction of sp³-hybridized carbons (Fsp3) is 0.222. The number of rotatable bonds is 5. The van der Waals surface area contributed by atoms with E-state index in [-0.39, 0.29) is 0 Å². The Labute approximate surface area is 196 Å². The highest BCUT2D eigenvalue weighted by Gasteiger charge is 2.30. The van der Waals surface area contributed by atoms with Gasteiger partial charge >= 0.3 is 6.18 Å². The first kappa shape index (κ1) is 22.2. The van der Waals surface area contributed by atoms with E-state index in [1.165, 1.54) is 23.5 Å². The van der Waals surface area contributed by atoms with Crippen LogP contribution >= 0.6 is 0 Å². The van der Waals surface area contributed by atoms with Crippen LogP contribution in [0.25, 0.3) is 10.9 Å². The Bertz CT molecular complexity index is 1250. The number of pyridine rings is 1. The van der Waals surface area contributed by atoms with E-state index in [4.69, 9.17) is 0 Å². The molecule has 1 fully saturated rings. The quantitative estimate of drug-likeness (QED) is 0.376. The highest BCUT2D eigenvalue weighted by atomic mass is 19.4. The molecule has 4 nitrogen and oxygen atoms in total. The molecule has 174 valence electrons. The number of nitrogens with zero attached hydrogens (tertiary/aromatic N) is 3. The van der Waals surface area contributed by atoms with Gasteiger partial charge in [-0.2, -0.15) is 13.2 Å². The molecule has 0 amide bonds. The zero-order chi connectivity index (χ0) is 23.5. The van der Waals surface area contributed by atoms with E-state index in [2.05, 4.69) is 56.5 Å². The molecule has 0 saturated carbocycles. The average Bonchev–Trinajstić information content (AvgIpc) is 2.85. The highest BCUT2D eigenvalue weighted by molar-refractivity contribution is 5.93. The highest BCUT2D eigenvalue weighted by Crippen LogP contribution is 2.33. The van der Waals surface area contributed by atoms with Crippen LogP contribution in [0, 0.1) is 0 Å². The van der Waals surface area contributed by atoms with E-state index in [1.807, 2.05) is 18.2 Å². The summed E-state index contributed by atoms with van der Waals surface area (Å²) in [4.78, 5) is 8.98. The van der Waals surface area contributed by atoms with Crippen LogP contribution in [0.4, 0.5) is 30.2 Å². The maximum Gasteiger partial charge on any atom is 0.416 e. The minimum atomic E-state index is -4.39. The van der Waals surface area contributed by atoms with E-state index in [0.29, 0.717) is 10.9 Å². The van der Waals surface area contributed by atoms with E-state index >= 15 is 0 Å². The number of fused-ring (bicyclic) bond motifs is 1. The molecule has 0 aliphatic carbocycles. The molecule has 7 heteroatoms. The molecule has 1 aliphatic rings. The van der Waals surface area contributed by atoms with Gasteiger partial charge < -0.3 is 10.2 Å². The predicted octanol–water partition coefficient (Wildman–Crippen LogP) is 6.32. The van der Waals surface area contributed by atoms with Gasteiger partial charge in [-0.3, -0.25) is 9.88 Å². The number of benzene rings is 3. The number of nitrogens with one attached hydrogen (secondary N) is 1. The predicted molar refractivity (Wildman–Crippen MR) is 130 cm³/mol. The molecule has 0 radical (unpaired) electrons. The normalized spacial score (nSPS) is 15.0. The Kier molecular flexibility index (Phi) is 6.11. The van der Waals surface area contributed by atoms with E-state index in [1.54, 1.807) is 6.07 Å². The van der Waals surface area contributed by atoms with Crippen molar-refractivity contribution in [3.63, 3.8) is 0 Å². The van der Waals surface area contributed by atoms with Crippen LogP contribution in [0.2, 0.25) is 0 Å². The molecule has 0 unspecified atom stereocenters. The summed E-state index contributed by atoms with van der Waals surface area (Å²) >= 11 is 0. The van der Waals surface area contributed by atoms with Gasteiger partial charge in [-0.1, -0.05) is 36.4 Å². The Morgan fingerprint density at radius 2 is 1.56 bits per heavy atom. The third kappa shape index (κ3) is 4.99. The van der Waals surface area contributed by atoms with Crippen LogP contribution < -0.4 is 10.2 Å². The SMILES string of the molecule is FC(F)(F)c1ccc2c(Nc3ccc(CN4CCN(c5ccccc5)CC4)cc3)ccnc2c1. The molecule has 0 spiro atoms. The van der Waals surface area contributed by atoms with Crippen molar-refractivity contribution in [3.8, 4) is 0 Å². The number of halogens is 3. The number of alkyl halides is 3. The third-order valence-corrected chi connectivity index (χ3v) is 6.20. The Morgan fingerprint density at radius 1 is 0.824 bits per heavy atom. The van der Waals surface area contributed by atoms with Crippen molar-refractivity contribution in [2.75, 3.05) is 36.4 Å². The zero-order valence-electron chi connectivity index (χ0n) is 18.6. The Morgan fingerprint density at radius 3 is 2.26 bits per heavy atom. The Balaban J connectivity index is 1.22. The summed E-state index contributed by atoms with van der Waals surface area (Å²) in [6, 6.07) is 24.1. The van der Waals surface area contributed by atoms with Crippen LogP contribution in [0.5, 0.6) is 0 Å². The van der Waals surface area contributed by atoms with Gasteiger partial charge in [0.1, 0.15) is 0 Å². The second-order valence-electron chi connectivity index (χ2n) is 8.51. The van der Waals surface area contributed by atoms with Crippen molar-refractivity contribution in [2.24, 2.45) is 0 Å². The molecule has 5 rings (SSSR count). The zero-order valence-corrected chi connectivity index (χ0v) is 18.6. The molecule has 0 atom stereocenters. The molecule has 1 aliphatic heterocycles. The largest absolute Gasteiger partial charge is 0.416 e. The van der Waals surface area contributed by atoms with Gasteiger partial charge in [0.15, 0.2) is 0 Å². The number of hydrogen-bond donors (Lipinski definition) is 1. The summed E-state index contributed by atoms with van der Waals surface area (Å²) in [5, 5.41) is 3.97. The fourth-order valence-corrected chi connectivity index (χ4v) is 4.34. The number of para-hydroxylation sites is 1. The summed E-state index contributed by atoms with van der Waals surface area (Å²) in [7, 11) is 0. The van der Waals surface area contributed by atoms with Crippen molar-refractivity contribution < 1.29 is 13.2 Å². The van der Waals surface area contributed by atoms with Gasteiger partial charge in [0.2, 0.25) is 0 Å². The summed E-state index contributed by atoms with van der Waals surface area (Å²) in [6.07, 6.45) is -2.86. The van der Waals surface area contributed by atoms with Crippen molar-refractivity contribution in [3.05, 3.63) is 96.2 Å². The van der Waals surface area contributed by atoms with Crippen LogP contribution in [0.15, 0.2) is 85.1 Å². The van der Waals surface area contributed by atoms with Crippen LogP contribution in [0.3, 0.4) is 0 Å². The van der Waals surface area contributed by atoms with Gasteiger partial charge in [-0.15, -0.1) is 0 Å². The molecule has 0 bridgehead atoms. The third-order valence-electron chi connectivity index (χ3n) is 6.20. The van der Waals surface area contributed by atoms with Gasteiger partial charge in [0.25, 0.3) is 0 Å². The van der Waals surface area contributed by atoms with E-state index in [9.17, 15) is 13.2 Å². The second-order valence-corrected chi connectivity index (χ2v) is 8.51. The average molecular weight is 463 g/mol. The van der Waals surface area contributed by atoms with Crippen molar-refractivity contribution in [2.45, 2.75) is 12.7 Å². The summed E-state index contributed by atoms with van der Waals surface area (Å²) in [5.41, 5.74) is 3.72. The topological polar surface area (TPSA) is 31.4 Å². The van der Waals surface area contributed by atoms with Gasteiger partial charge in [-0.05, 0) is 48.0 Å². The number of anilines is 3. The lowest BCUT2D eigenvalue weighted by molar-refractivity contribution is -0.137. The lowest BCUT2D eigenvalue weighted by atomic mass is 10.1. The molecular formula is C27H25F3N4. The molecule has 34 heavy (non-hydrogen) atoms. The molecule has 2 heterocycles. The maximum atomic E-state index is 13.0. The number of hydrogen-bond acceptors (Lipinski definition) is 4. The minimum absolute atomic E-state index is 0.311. The summed E-state index contributed by atoms with van der Waals surface area (Å²) in [5.74, 6) is 0.